The third kappa shape index (κ3) is 1.84. The van der Waals surface area contributed by atoms with Gasteiger partial charge in [0, 0.05) is 12.3 Å². The highest BCUT2D eigenvalue weighted by Crippen LogP contribution is 2.24. The quantitative estimate of drug-likeness (QED) is 0.673. The molecule has 2 N–H and O–H groups in total. The van der Waals surface area contributed by atoms with Crippen molar-refractivity contribution in [2.24, 2.45) is 16.8 Å². The predicted molar refractivity (Wildman–Crippen MR) is 59.6 cm³/mol. The summed E-state index contributed by atoms with van der Waals surface area (Å²) in [6, 6.07) is -0.302. The summed E-state index contributed by atoms with van der Waals surface area (Å²) in [7, 11) is -2.99. The molecule has 1 fully saturated rings. The number of hydrogen-bond donors (Lipinski definition) is 1. The van der Waals surface area contributed by atoms with E-state index in [-0.39, 0.29) is 35.9 Å². The first kappa shape index (κ1) is 11.5. The molecule has 0 saturated carbocycles. The average Bonchev–Trinajstić information content (AvgIpc) is 2.68. The van der Waals surface area contributed by atoms with Gasteiger partial charge in [0.25, 0.3) is 5.91 Å². The first-order valence-electron chi connectivity index (χ1n) is 5.23. The van der Waals surface area contributed by atoms with Crippen molar-refractivity contribution in [3.63, 3.8) is 0 Å². The number of hydrazone groups is 1. The van der Waals surface area contributed by atoms with Crippen LogP contribution in [0.25, 0.3) is 0 Å². The maximum absolute atomic E-state index is 11.9. The third-order valence-corrected chi connectivity index (χ3v) is 4.83. The summed E-state index contributed by atoms with van der Waals surface area (Å²) in [6.45, 7) is 1.98. The fourth-order valence-electron chi connectivity index (χ4n) is 2.13. The van der Waals surface area contributed by atoms with Crippen LogP contribution in [0.3, 0.4) is 0 Å². The molecule has 2 aliphatic rings. The minimum absolute atomic E-state index is 0.0206. The maximum atomic E-state index is 11.9. The molecule has 0 aromatic carbocycles. The highest BCUT2D eigenvalue weighted by atomic mass is 32.2. The number of rotatable bonds is 2. The van der Waals surface area contributed by atoms with Gasteiger partial charge in [0.05, 0.1) is 23.5 Å². The molecule has 1 amide bonds. The Labute approximate surface area is 94.4 Å². The van der Waals surface area contributed by atoms with E-state index in [9.17, 15) is 13.2 Å². The fourth-order valence-corrected chi connectivity index (χ4v) is 3.82. The molecule has 2 unspecified atom stereocenters. The van der Waals surface area contributed by atoms with Crippen molar-refractivity contribution in [1.29, 1.82) is 0 Å². The van der Waals surface area contributed by atoms with Crippen LogP contribution < -0.4 is 5.73 Å². The first-order valence-corrected chi connectivity index (χ1v) is 7.05. The van der Waals surface area contributed by atoms with Gasteiger partial charge in [-0.15, -0.1) is 0 Å². The highest BCUT2D eigenvalue weighted by molar-refractivity contribution is 7.91. The molecular weight excluding hydrogens is 230 g/mol. The van der Waals surface area contributed by atoms with Crippen molar-refractivity contribution in [2.75, 3.05) is 18.1 Å². The molecule has 0 aliphatic carbocycles. The van der Waals surface area contributed by atoms with Crippen molar-refractivity contribution < 1.29 is 13.2 Å². The summed E-state index contributed by atoms with van der Waals surface area (Å²) in [5.41, 5.74) is 6.16. The summed E-state index contributed by atoms with van der Waals surface area (Å²) in [6.07, 6.45) is 0.474. The Morgan fingerprint density at radius 2 is 2.25 bits per heavy atom. The number of nitrogens with zero attached hydrogens (tertiary/aromatic N) is 2. The van der Waals surface area contributed by atoms with Crippen LogP contribution >= 0.6 is 0 Å². The normalized spacial score (nSPS) is 33.2. The van der Waals surface area contributed by atoms with Gasteiger partial charge < -0.3 is 5.73 Å². The second-order valence-corrected chi connectivity index (χ2v) is 6.50. The zero-order valence-corrected chi connectivity index (χ0v) is 9.90. The van der Waals surface area contributed by atoms with Crippen LogP contribution in [-0.2, 0) is 14.6 Å². The number of hydrogen-bond acceptors (Lipinski definition) is 5. The number of sulfone groups is 1. The van der Waals surface area contributed by atoms with E-state index in [1.54, 1.807) is 6.92 Å². The molecule has 0 aromatic heterocycles. The Hall–Kier alpha value is -0.950. The van der Waals surface area contributed by atoms with Gasteiger partial charge in [-0.05, 0) is 13.3 Å². The van der Waals surface area contributed by atoms with E-state index in [4.69, 9.17) is 5.73 Å². The van der Waals surface area contributed by atoms with Crippen LogP contribution in [0.15, 0.2) is 5.10 Å². The molecule has 2 aliphatic heterocycles. The Bertz CT molecular complexity index is 443. The van der Waals surface area contributed by atoms with Crippen molar-refractivity contribution in [1.82, 2.24) is 5.01 Å². The third-order valence-electron chi connectivity index (χ3n) is 3.08. The second-order valence-electron chi connectivity index (χ2n) is 4.27. The lowest BCUT2D eigenvalue weighted by Crippen LogP contribution is -2.38. The van der Waals surface area contributed by atoms with Gasteiger partial charge in [0.1, 0.15) is 0 Å². The van der Waals surface area contributed by atoms with Crippen molar-refractivity contribution in [3.8, 4) is 0 Å². The number of amides is 1. The predicted octanol–water partition coefficient (Wildman–Crippen LogP) is -1.03. The van der Waals surface area contributed by atoms with Gasteiger partial charge >= 0.3 is 0 Å². The lowest BCUT2D eigenvalue weighted by Gasteiger charge is -2.19. The van der Waals surface area contributed by atoms with Crippen LogP contribution in [0.2, 0.25) is 0 Å². The van der Waals surface area contributed by atoms with Crippen LogP contribution in [0, 0.1) is 5.92 Å². The Kier molecular flexibility index (Phi) is 2.75. The molecule has 16 heavy (non-hydrogen) atoms. The SMILES string of the molecule is CC1=NN(C2CCS(=O)(=O)C2)C(=O)C1CN. The Morgan fingerprint density at radius 3 is 2.69 bits per heavy atom. The number of carbonyl (C=O) groups excluding carboxylic acids is 1. The number of nitrogens with two attached hydrogens (primary N) is 1. The van der Waals surface area contributed by atoms with E-state index in [2.05, 4.69) is 5.10 Å². The van der Waals surface area contributed by atoms with E-state index >= 15 is 0 Å². The summed E-state index contributed by atoms with van der Waals surface area (Å²) in [4.78, 5) is 11.9. The van der Waals surface area contributed by atoms with Gasteiger partial charge in [-0.1, -0.05) is 0 Å². The van der Waals surface area contributed by atoms with E-state index < -0.39 is 9.84 Å². The van der Waals surface area contributed by atoms with Gasteiger partial charge in [-0.25, -0.2) is 13.4 Å². The molecule has 0 spiro atoms. The van der Waals surface area contributed by atoms with Gasteiger partial charge in [-0.2, -0.15) is 5.10 Å². The molecule has 2 heterocycles. The van der Waals surface area contributed by atoms with Crippen LogP contribution in [-0.4, -0.2) is 49.1 Å². The summed E-state index contributed by atoms with van der Waals surface area (Å²) < 4.78 is 22.7. The standard InChI is InChI=1S/C9H15N3O3S/c1-6-8(4-10)9(13)12(11-6)7-2-3-16(14,15)5-7/h7-8H,2-5,10H2,1H3. The first-order chi connectivity index (χ1) is 7.44. The smallest absolute Gasteiger partial charge is 0.253 e. The van der Waals surface area contributed by atoms with E-state index in [1.165, 1.54) is 5.01 Å². The van der Waals surface area contributed by atoms with E-state index in [0.717, 1.165) is 0 Å². The topological polar surface area (TPSA) is 92.8 Å². The van der Waals surface area contributed by atoms with Gasteiger partial charge in [-0.3, -0.25) is 4.79 Å². The molecule has 6 nitrogen and oxygen atoms in total. The van der Waals surface area contributed by atoms with Crippen molar-refractivity contribution in [2.45, 2.75) is 19.4 Å². The molecule has 2 atom stereocenters. The summed E-state index contributed by atoms with van der Waals surface area (Å²) in [5.74, 6) is -0.374. The van der Waals surface area contributed by atoms with E-state index in [1.807, 2.05) is 0 Å². The highest BCUT2D eigenvalue weighted by Gasteiger charge is 2.41. The Morgan fingerprint density at radius 1 is 1.56 bits per heavy atom. The molecule has 0 radical (unpaired) electrons. The number of carbonyl (C=O) groups is 1. The average molecular weight is 245 g/mol. The molecule has 1 saturated heterocycles. The minimum Gasteiger partial charge on any atom is -0.329 e. The lowest BCUT2D eigenvalue weighted by atomic mass is 10.1. The maximum Gasteiger partial charge on any atom is 0.253 e. The summed E-state index contributed by atoms with van der Waals surface area (Å²) in [5, 5.41) is 5.44. The van der Waals surface area contributed by atoms with Crippen LogP contribution in [0.4, 0.5) is 0 Å². The summed E-state index contributed by atoms with van der Waals surface area (Å²) >= 11 is 0. The van der Waals surface area contributed by atoms with Gasteiger partial charge in [0.2, 0.25) is 0 Å². The molecule has 90 valence electrons. The minimum atomic E-state index is -2.99. The molecular formula is C9H15N3O3S. The van der Waals surface area contributed by atoms with Crippen LogP contribution in [0.1, 0.15) is 13.3 Å². The zero-order valence-electron chi connectivity index (χ0n) is 9.09. The zero-order chi connectivity index (χ0) is 11.9. The molecule has 0 bridgehead atoms. The largest absolute Gasteiger partial charge is 0.329 e. The van der Waals surface area contributed by atoms with Crippen molar-refractivity contribution >= 4 is 21.5 Å². The monoisotopic (exact) mass is 245 g/mol. The Balaban J connectivity index is 2.16. The van der Waals surface area contributed by atoms with Crippen LogP contribution in [0.5, 0.6) is 0 Å². The van der Waals surface area contributed by atoms with Crippen molar-refractivity contribution in [3.05, 3.63) is 0 Å². The fraction of sp³-hybridized carbons (Fsp3) is 0.778. The molecule has 0 aromatic rings. The second kappa shape index (κ2) is 3.81. The lowest BCUT2D eigenvalue weighted by molar-refractivity contribution is -0.133. The van der Waals surface area contributed by atoms with E-state index in [0.29, 0.717) is 12.1 Å². The van der Waals surface area contributed by atoms with Gasteiger partial charge in [0.15, 0.2) is 9.84 Å². The molecule has 2 rings (SSSR count). The molecule has 7 heteroatoms.